The smallest absolute Gasteiger partial charge is 0.389 e. The summed E-state index contributed by atoms with van der Waals surface area (Å²) in [6, 6.07) is 7.32. The molecule has 0 aliphatic heterocycles. The largest absolute Gasteiger partial charge is 0.417 e. The van der Waals surface area contributed by atoms with Crippen molar-refractivity contribution in [1.82, 2.24) is 4.98 Å². The van der Waals surface area contributed by atoms with Crippen LogP contribution in [0.1, 0.15) is 24.2 Å². The molecule has 0 saturated heterocycles. The molecule has 112 valence electrons. The fraction of sp³-hybridized carbons (Fsp3) is 0.214. The van der Waals surface area contributed by atoms with Crippen molar-refractivity contribution < 1.29 is 18.3 Å². The lowest BCUT2D eigenvalue weighted by Gasteiger charge is -2.09. The normalized spacial score (nSPS) is 13.2. The molecule has 1 aromatic carbocycles. The molecule has 0 aliphatic rings. The van der Waals surface area contributed by atoms with E-state index in [-0.39, 0.29) is 0 Å². The van der Waals surface area contributed by atoms with Crippen LogP contribution in [0.2, 0.25) is 5.02 Å². The van der Waals surface area contributed by atoms with Crippen molar-refractivity contribution in [2.75, 3.05) is 0 Å². The second-order valence-corrected chi connectivity index (χ2v) is 5.82. The van der Waals surface area contributed by atoms with Gasteiger partial charge in [0.25, 0.3) is 0 Å². The highest BCUT2D eigenvalue weighted by atomic mass is 35.5. The first-order chi connectivity index (χ1) is 9.77. The molecule has 7 heteroatoms. The summed E-state index contributed by atoms with van der Waals surface area (Å²) in [5, 5.41) is 10.3. The van der Waals surface area contributed by atoms with Crippen LogP contribution in [0.25, 0.3) is 0 Å². The molecule has 2 aromatic rings. The Balaban J connectivity index is 2.19. The molecule has 1 aromatic heterocycles. The molecule has 1 N–H and O–H groups in total. The summed E-state index contributed by atoms with van der Waals surface area (Å²) in [7, 11) is 0. The Morgan fingerprint density at radius 1 is 1.24 bits per heavy atom. The topological polar surface area (TPSA) is 33.1 Å². The van der Waals surface area contributed by atoms with Crippen LogP contribution in [0.5, 0.6) is 0 Å². The van der Waals surface area contributed by atoms with Crippen molar-refractivity contribution >= 4 is 23.4 Å². The van der Waals surface area contributed by atoms with E-state index in [1.165, 1.54) is 6.07 Å². The first-order valence-corrected chi connectivity index (χ1v) is 7.15. The van der Waals surface area contributed by atoms with Gasteiger partial charge in [-0.2, -0.15) is 13.2 Å². The number of alkyl halides is 3. The van der Waals surface area contributed by atoms with E-state index < -0.39 is 17.8 Å². The van der Waals surface area contributed by atoms with Crippen LogP contribution < -0.4 is 0 Å². The van der Waals surface area contributed by atoms with Crippen LogP contribution in [0.3, 0.4) is 0 Å². The highest BCUT2D eigenvalue weighted by molar-refractivity contribution is 7.99. The number of nitrogens with zero attached hydrogens (tertiary/aromatic N) is 1. The third kappa shape index (κ3) is 4.12. The summed E-state index contributed by atoms with van der Waals surface area (Å²) in [5.74, 6) is 0. The van der Waals surface area contributed by atoms with Gasteiger partial charge in [-0.1, -0.05) is 29.4 Å². The maximum absolute atomic E-state index is 12.4. The number of aliphatic hydroxyl groups excluding tert-OH is 1. The lowest BCUT2D eigenvalue weighted by Crippen LogP contribution is -2.05. The van der Waals surface area contributed by atoms with Crippen LogP contribution in [-0.2, 0) is 6.18 Å². The molecular formula is C14H11ClF3NOS. The predicted molar refractivity (Wildman–Crippen MR) is 75.4 cm³/mol. The van der Waals surface area contributed by atoms with Gasteiger partial charge in [0.15, 0.2) is 0 Å². The number of halogens is 4. The molecule has 0 bridgehead atoms. The molecule has 1 atom stereocenters. The Morgan fingerprint density at radius 2 is 1.95 bits per heavy atom. The fourth-order valence-corrected chi connectivity index (χ4v) is 2.64. The first kappa shape index (κ1) is 16.1. The Morgan fingerprint density at radius 3 is 2.43 bits per heavy atom. The Kier molecular flexibility index (Phi) is 4.81. The first-order valence-electron chi connectivity index (χ1n) is 5.96. The van der Waals surface area contributed by atoms with E-state index in [9.17, 15) is 18.3 Å². The minimum absolute atomic E-state index is 0.412. The average Bonchev–Trinajstić information content (AvgIpc) is 2.40. The molecule has 0 spiro atoms. The zero-order chi connectivity index (χ0) is 15.6. The van der Waals surface area contributed by atoms with Crippen molar-refractivity contribution in [1.29, 1.82) is 0 Å². The standard InChI is InChI=1S/C14H11ClF3NOS/c1-8(20)9-2-4-12(11(15)6-9)21-13-5-3-10(7-19-13)14(16,17)18/h2-8,20H,1H3/t8-/m1/s1. The van der Waals surface area contributed by atoms with Crippen molar-refractivity contribution in [3.05, 3.63) is 52.7 Å². The van der Waals surface area contributed by atoms with Gasteiger partial charge in [0.05, 0.1) is 16.7 Å². The quantitative estimate of drug-likeness (QED) is 0.862. The predicted octanol–water partition coefficient (Wildman–Crippen LogP) is 4.96. The number of pyridine rings is 1. The van der Waals surface area contributed by atoms with Crippen molar-refractivity contribution in [3.8, 4) is 0 Å². The molecule has 1 heterocycles. The van der Waals surface area contributed by atoms with Gasteiger partial charge in [0.2, 0.25) is 0 Å². The zero-order valence-electron chi connectivity index (χ0n) is 10.9. The van der Waals surface area contributed by atoms with E-state index in [0.29, 0.717) is 20.5 Å². The van der Waals surface area contributed by atoms with Gasteiger partial charge < -0.3 is 5.11 Å². The summed E-state index contributed by atoms with van der Waals surface area (Å²) in [6.45, 7) is 1.62. The van der Waals surface area contributed by atoms with Crippen molar-refractivity contribution in [2.24, 2.45) is 0 Å². The summed E-state index contributed by atoms with van der Waals surface area (Å²) < 4.78 is 37.3. The molecule has 0 unspecified atom stereocenters. The Hall–Kier alpha value is -1.24. The SMILES string of the molecule is C[C@@H](O)c1ccc(Sc2ccc(C(F)(F)F)cn2)c(Cl)c1. The van der Waals surface area contributed by atoms with Crippen LogP contribution in [0, 0.1) is 0 Å². The van der Waals surface area contributed by atoms with E-state index >= 15 is 0 Å². The monoisotopic (exact) mass is 333 g/mol. The van der Waals surface area contributed by atoms with Gasteiger partial charge in [-0.3, -0.25) is 0 Å². The summed E-state index contributed by atoms with van der Waals surface area (Å²) in [5.41, 5.74) is -0.118. The maximum Gasteiger partial charge on any atom is 0.417 e. The zero-order valence-corrected chi connectivity index (χ0v) is 12.4. The summed E-state index contributed by atoms with van der Waals surface area (Å²) >= 11 is 7.25. The highest BCUT2D eigenvalue weighted by Gasteiger charge is 2.30. The fourth-order valence-electron chi connectivity index (χ4n) is 1.58. The molecule has 21 heavy (non-hydrogen) atoms. The van der Waals surface area contributed by atoms with E-state index in [4.69, 9.17) is 11.6 Å². The molecule has 0 saturated carbocycles. The van der Waals surface area contributed by atoms with Crippen LogP contribution >= 0.6 is 23.4 Å². The summed E-state index contributed by atoms with van der Waals surface area (Å²) in [4.78, 5) is 4.43. The lowest BCUT2D eigenvalue weighted by atomic mass is 10.1. The number of aliphatic hydroxyl groups is 1. The summed E-state index contributed by atoms with van der Waals surface area (Å²) in [6.07, 6.45) is -4.24. The lowest BCUT2D eigenvalue weighted by molar-refractivity contribution is -0.137. The number of hydrogen-bond donors (Lipinski definition) is 1. The van der Waals surface area contributed by atoms with Crippen molar-refractivity contribution in [2.45, 2.75) is 29.1 Å². The highest BCUT2D eigenvalue weighted by Crippen LogP contribution is 2.35. The van der Waals surface area contributed by atoms with Gasteiger partial charge in [-0.15, -0.1) is 0 Å². The number of rotatable bonds is 3. The van der Waals surface area contributed by atoms with Gasteiger partial charge in [-0.05, 0) is 36.8 Å². The molecular weight excluding hydrogens is 323 g/mol. The van der Waals surface area contributed by atoms with Crippen LogP contribution in [0.4, 0.5) is 13.2 Å². The second-order valence-electron chi connectivity index (χ2n) is 4.35. The van der Waals surface area contributed by atoms with Gasteiger partial charge in [-0.25, -0.2) is 4.98 Å². The maximum atomic E-state index is 12.4. The minimum atomic E-state index is -4.40. The third-order valence-corrected chi connectivity index (χ3v) is 4.17. The van der Waals surface area contributed by atoms with E-state index in [2.05, 4.69) is 4.98 Å². The third-order valence-electron chi connectivity index (χ3n) is 2.72. The molecule has 2 rings (SSSR count). The molecule has 0 fully saturated rings. The van der Waals surface area contributed by atoms with Gasteiger partial charge in [0.1, 0.15) is 5.03 Å². The number of hydrogen-bond acceptors (Lipinski definition) is 3. The molecule has 0 amide bonds. The van der Waals surface area contributed by atoms with Gasteiger partial charge >= 0.3 is 6.18 Å². The molecule has 0 aliphatic carbocycles. The number of benzene rings is 1. The average molecular weight is 334 g/mol. The minimum Gasteiger partial charge on any atom is -0.389 e. The Labute approximate surface area is 129 Å². The Bertz CT molecular complexity index is 629. The van der Waals surface area contributed by atoms with Gasteiger partial charge in [0, 0.05) is 11.1 Å². The van der Waals surface area contributed by atoms with Crippen LogP contribution in [-0.4, -0.2) is 10.1 Å². The van der Waals surface area contributed by atoms with E-state index in [1.807, 2.05) is 0 Å². The molecule has 2 nitrogen and oxygen atoms in total. The van der Waals surface area contributed by atoms with Crippen molar-refractivity contribution in [3.63, 3.8) is 0 Å². The van der Waals surface area contributed by atoms with E-state index in [1.54, 1.807) is 25.1 Å². The molecule has 0 radical (unpaired) electrons. The number of aromatic nitrogens is 1. The second kappa shape index (κ2) is 6.25. The van der Waals surface area contributed by atoms with E-state index in [0.717, 1.165) is 24.0 Å². The van der Waals surface area contributed by atoms with Crippen LogP contribution in [0.15, 0.2) is 46.5 Å².